The molecule has 2 heterocycles. The molecule has 3 atom stereocenters. The summed E-state index contributed by atoms with van der Waals surface area (Å²) in [5.74, 6) is 1.36. The van der Waals surface area contributed by atoms with Gasteiger partial charge < -0.3 is 15.2 Å². The van der Waals surface area contributed by atoms with Gasteiger partial charge in [0.05, 0.1) is 5.54 Å². The van der Waals surface area contributed by atoms with Crippen molar-refractivity contribution in [3.05, 3.63) is 30.0 Å². The van der Waals surface area contributed by atoms with Gasteiger partial charge in [0, 0.05) is 11.3 Å². The molecule has 5 nitrogen and oxygen atoms in total. The predicted octanol–water partition coefficient (Wildman–Crippen LogP) is 1.64. The molecule has 1 aliphatic carbocycles. The largest absolute Gasteiger partial charge is 0.356 e. The minimum atomic E-state index is -0.534. The zero-order chi connectivity index (χ0) is 14.6. The van der Waals surface area contributed by atoms with E-state index in [1.54, 1.807) is 0 Å². The van der Waals surface area contributed by atoms with Crippen LogP contribution in [0.2, 0.25) is 0 Å². The van der Waals surface area contributed by atoms with Crippen LogP contribution in [0.15, 0.2) is 28.8 Å². The van der Waals surface area contributed by atoms with Gasteiger partial charge >= 0.3 is 0 Å². The van der Waals surface area contributed by atoms with Crippen LogP contribution in [0.5, 0.6) is 0 Å². The van der Waals surface area contributed by atoms with Gasteiger partial charge in [-0.1, -0.05) is 17.3 Å². The lowest BCUT2D eigenvalue weighted by Gasteiger charge is -2.24. The second-order valence-electron chi connectivity index (χ2n) is 6.65. The maximum atomic E-state index is 12.5. The van der Waals surface area contributed by atoms with Crippen LogP contribution in [-0.4, -0.2) is 24.2 Å². The van der Waals surface area contributed by atoms with Crippen molar-refractivity contribution in [1.82, 2.24) is 15.8 Å². The lowest BCUT2D eigenvalue weighted by Crippen LogP contribution is -2.43. The van der Waals surface area contributed by atoms with E-state index >= 15 is 0 Å². The molecule has 4 rings (SSSR count). The Hall–Kier alpha value is -1.88. The van der Waals surface area contributed by atoms with Crippen LogP contribution in [0.4, 0.5) is 0 Å². The van der Waals surface area contributed by atoms with Gasteiger partial charge in [-0.25, -0.2) is 0 Å². The van der Waals surface area contributed by atoms with Gasteiger partial charge in [-0.15, -0.1) is 0 Å². The van der Waals surface area contributed by atoms with Gasteiger partial charge in [-0.2, -0.15) is 0 Å². The van der Waals surface area contributed by atoms with Gasteiger partial charge in [0.1, 0.15) is 5.69 Å². The number of fused-ring (bicyclic) bond motifs is 2. The van der Waals surface area contributed by atoms with Crippen LogP contribution in [0, 0.1) is 17.8 Å². The molecule has 1 saturated heterocycles. The summed E-state index contributed by atoms with van der Waals surface area (Å²) in [6, 6.07) is 7.74. The monoisotopic (exact) mass is 285 g/mol. The summed E-state index contributed by atoms with van der Waals surface area (Å²) in [6.45, 7) is 5.89. The zero-order valence-corrected chi connectivity index (χ0v) is 12.2. The molecule has 2 N–H and O–H groups in total. The van der Waals surface area contributed by atoms with Crippen LogP contribution in [0.3, 0.4) is 0 Å². The number of piperidine rings is 1. The minimum absolute atomic E-state index is 0.142. The molecule has 5 heteroatoms. The highest BCUT2D eigenvalue weighted by molar-refractivity contribution is 5.85. The molecule has 1 aromatic carbocycles. The number of amides is 1. The third kappa shape index (κ3) is 1.95. The van der Waals surface area contributed by atoms with E-state index in [-0.39, 0.29) is 11.8 Å². The van der Waals surface area contributed by atoms with E-state index in [0.717, 1.165) is 29.8 Å². The first-order valence-electron chi connectivity index (χ1n) is 7.45. The Bertz CT molecular complexity index is 696. The number of nitrogens with zero attached hydrogens (tertiary/aromatic N) is 1. The maximum absolute atomic E-state index is 12.5. The number of aromatic nitrogens is 1. The highest BCUT2D eigenvalue weighted by atomic mass is 16.5. The Morgan fingerprint density at radius 2 is 2.05 bits per heavy atom. The van der Waals surface area contributed by atoms with Crippen LogP contribution in [-0.2, 0) is 10.3 Å². The van der Waals surface area contributed by atoms with E-state index in [4.69, 9.17) is 4.52 Å². The van der Waals surface area contributed by atoms with Crippen LogP contribution >= 0.6 is 0 Å². The summed E-state index contributed by atoms with van der Waals surface area (Å²) >= 11 is 0. The average Bonchev–Trinajstić information content (AvgIpc) is 2.82. The Labute approximate surface area is 123 Å². The second kappa shape index (κ2) is 4.31. The average molecular weight is 285 g/mol. The first-order chi connectivity index (χ1) is 10.1. The van der Waals surface area contributed by atoms with Crippen molar-refractivity contribution in [2.75, 3.05) is 13.1 Å². The van der Waals surface area contributed by atoms with Gasteiger partial charge in [-0.3, -0.25) is 4.79 Å². The number of hydrogen-bond donors (Lipinski definition) is 2. The summed E-state index contributed by atoms with van der Waals surface area (Å²) in [5, 5.41) is 11.6. The van der Waals surface area contributed by atoms with Crippen molar-refractivity contribution in [3.63, 3.8) is 0 Å². The third-order valence-corrected chi connectivity index (χ3v) is 4.80. The fourth-order valence-electron chi connectivity index (χ4n) is 3.59. The van der Waals surface area contributed by atoms with E-state index in [2.05, 4.69) is 15.8 Å². The quantitative estimate of drug-likeness (QED) is 0.899. The Balaban J connectivity index is 1.57. The van der Waals surface area contributed by atoms with Crippen molar-refractivity contribution >= 4 is 16.9 Å². The van der Waals surface area contributed by atoms with Gasteiger partial charge in [0.25, 0.3) is 0 Å². The molecule has 110 valence electrons. The molecule has 0 unspecified atom stereocenters. The van der Waals surface area contributed by atoms with E-state index in [0.29, 0.717) is 11.8 Å². The number of rotatable bonds is 3. The lowest BCUT2D eigenvalue weighted by atomic mass is 9.96. The predicted molar refractivity (Wildman–Crippen MR) is 78.5 cm³/mol. The number of benzene rings is 1. The molecule has 1 saturated carbocycles. The Morgan fingerprint density at radius 1 is 1.33 bits per heavy atom. The molecule has 2 aliphatic rings. The van der Waals surface area contributed by atoms with Gasteiger partial charge in [0.15, 0.2) is 5.58 Å². The van der Waals surface area contributed by atoms with E-state index in [9.17, 15) is 4.79 Å². The van der Waals surface area contributed by atoms with Gasteiger partial charge in [0.2, 0.25) is 5.91 Å². The first kappa shape index (κ1) is 12.8. The molecular weight excluding hydrogens is 266 g/mol. The van der Waals surface area contributed by atoms with Crippen molar-refractivity contribution in [2.45, 2.75) is 19.4 Å². The maximum Gasteiger partial charge on any atom is 0.224 e. The summed E-state index contributed by atoms with van der Waals surface area (Å²) in [4.78, 5) is 12.5. The minimum Gasteiger partial charge on any atom is -0.356 e. The smallest absolute Gasteiger partial charge is 0.224 e. The lowest BCUT2D eigenvalue weighted by molar-refractivity contribution is -0.124. The van der Waals surface area contributed by atoms with E-state index < -0.39 is 5.54 Å². The number of hydrogen-bond acceptors (Lipinski definition) is 4. The number of carbonyl (C=O) groups is 1. The molecule has 1 amide bonds. The molecule has 0 bridgehead atoms. The fourth-order valence-corrected chi connectivity index (χ4v) is 3.59. The Morgan fingerprint density at radius 3 is 2.81 bits per heavy atom. The van der Waals surface area contributed by atoms with Gasteiger partial charge in [-0.05, 0) is 50.9 Å². The number of nitrogens with one attached hydrogen (secondary N) is 2. The standard InChI is InChI=1S/C16H19N3O2/c1-16(2,14-9-5-3-4-6-12(9)21-19-14)18-15(20)13-10-7-17-8-11(10)13/h3-6,10-11,13,17H,7-8H2,1-2H3,(H,18,20)/t10-,11+,13+. The second-order valence-corrected chi connectivity index (χ2v) is 6.65. The molecule has 1 aliphatic heterocycles. The summed E-state index contributed by atoms with van der Waals surface area (Å²) < 4.78 is 5.36. The topological polar surface area (TPSA) is 67.2 Å². The Kier molecular flexibility index (Phi) is 2.63. The molecule has 21 heavy (non-hydrogen) atoms. The van der Waals surface area contributed by atoms with Crippen molar-refractivity contribution in [3.8, 4) is 0 Å². The van der Waals surface area contributed by atoms with Crippen LogP contribution in [0.1, 0.15) is 19.5 Å². The molecule has 1 aromatic heterocycles. The number of carbonyl (C=O) groups excluding carboxylic acids is 1. The van der Waals surface area contributed by atoms with E-state index in [1.807, 2.05) is 38.1 Å². The summed E-state index contributed by atoms with van der Waals surface area (Å²) in [7, 11) is 0. The van der Waals surface area contributed by atoms with Crippen molar-refractivity contribution < 1.29 is 9.32 Å². The number of para-hydroxylation sites is 1. The van der Waals surface area contributed by atoms with E-state index in [1.165, 1.54) is 0 Å². The third-order valence-electron chi connectivity index (χ3n) is 4.80. The van der Waals surface area contributed by atoms with Crippen LogP contribution in [0.25, 0.3) is 11.0 Å². The highest BCUT2D eigenvalue weighted by Crippen LogP contribution is 2.49. The molecule has 2 aromatic rings. The normalized spacial score (nSPS) is 27.6. The first-order valence-corrected chi connectivity index (χ1v) is 7.45. The van der Waals surface area contributed by atoms with Crippen LogP contribution < -0.4 is 10.6 Å². The summed E-state index contributed by atoms with van der Waals surface area (Å²) in [6.07, 6.45) is 0. The molecular formula is C16H19N3O2. The summed E-state index contributed by atoms with van der Waals surface area (Å²) in [5.41, 5.74) is 1.01. The van der Waals surface area contributed by atoms with Crippen molar-refractivity contribution in [1.29, 1.82) is 0 Å². The fraction of sp³-hybridized carbons (Fsp3) is 0.500. The molecule has 2 fully saturated rings. The van der Waals surface area contributed by atoms with Crippen molar-refractivity contribution in [2.24, 2.45) is 17.8 Å². The SMILES string of the molecule is CC(C)(NC(=O)[C@H]1[C@@H]2CNC[C@@H]21)c1noc2ccccc12. The zero-order valence-electron chi connectivity index (χ0n) is 12.2. The molecule has 0 radical (unpaired) electrons. The molecule has 0 spiro atoms. The highest BCUT2D eigenvalue weighted by Gasteiger charge is 2.57.